The maximum absolute atomic E-state index is 13.5. The van der Waals surface area contributed by atoms with E-state index in [9.17, 15) is 19.0 Å². The molecule has 0 saturated heterocycles. The second kappa shape index (κ2) is 59.8. The molecule has 3 unspecified atom stereocenters. The monoisotopic (exact) mass is 1150 g/mol. The normalized spacial score (nSPS) is 14.7. The van der Waals surface area contributed by atoms with Gasteiger partial charge >= 0.3 is 5.97 Å². The topological polar surface area (TPSA) is 114 Å². The Balaban J connectivity index is 5.36. The number of likely N-dealkylation sites (N-methyl/N-ethyl adjacent to an activating group) is 1. The predicted octanol–water partition coefficient (Wildman–Crippen LogP) is 19.8. The van der Waals surface area contributed by atoms with Crippen LogP contribution in [-0.4, -0.2) is 69.4 Å². The molecule has 0 aliphatic carbocycles. The molecule has 0 aromatic heterocycles. The molecule has 1 N–H and O–H groups in total. The average Bonchev–Trinajstić information content (AvgIpc) is 3.44. The third-order valence-corrected chi connectivity index (χ3v) is 14.2. The summed E-state index contributed by atoms with van der Waals surface area (Å²) in [4.78, 5) is 40.1. The van der Waals surface area contributed by atoms with Crippen molar-refractivity contribution in [2.45, 2.75) is 245 Å². The number of rotatable bonds is 56. The van der Waals surface area contributed by atoms with Crippen LogP contribution in [0, 0.1) is 0 Å². The minimum Gasteiger partial charge on any atom is -0.756 e. The van der Waals surface area contributed by atoms with E-state index in [1.54, 1.807) is 0 Å². The van der Waals surface area contributed by atoms with Crippen molar-refractivity contribution in [3.05, 3.63) is 158 Å². The number of quaternary nitrogens is 1. The number of amides is 1. The molecule has 464 valence electrons. The van der Waals surface area contributed by atoms with Crippen molar-refractivity contribution >= 4 is 19.7 Å². The Morgan fingerprint density at radius 2 is 0.780 bits per heavy atom. The molecular weight excluding hydrogens is 1040 g/mol. The largest absolute Gasteiger partial charge is 0.756 e. The zero-order chi connectivity index (χ0) is 60.0. The summed E-state index contributed by atoms with van der Waals surface area (Å²) in [6.45, 7) is 6.54. The molecule has 82 heavy (non-hydrogen) atoms. The van der Waals surface area contributed by atoms with Gasteiger partial charge in [0.2, 0.25) is 5.91 Å². The Hall–Kier alpha value is -4.37. The molecular formula is C72H119N2O7P. The van der Waals surface area contributed by atoms with Gasteiger partial charge in [-0.05, 0) is 134 Å². The molecule has 1 amide bonds. The van der Waals surface area contributed by atoms with Gasteiger partial charge in [-0.3, -0.25) is 14.2 Å². The first-order chi connectivity index (χ1) is 39.9. The van der Waals surface area contributed by atoms with Crippen LogP contribution in [0.3, 0.4) is 0 Å². The van der Waals surface area contributed by atoms with Gasteiger partial charge in [-0.15, -0.1) is 0 Å². The summed E-state index contributed by atoms with van der Waals surface area (Å²) in [6, 6.07) is -0.936. The van der Waals surface area contributed by atoms with Crippen molar-refractivity contribution in [2.24, 2.45) is 0 Å². The van der Waals surface area contributed by atoms with E-state index < -0.39 is 26.6 Å². The standard InChI is InChI=1S/C72H119N2O7P/c1-7-10-13-16-19-22-25-28-30-32-34-36-37-39-41-43-45-47-50-53-56-59-62-65-72(76)81-70(63-60-57-54-51-48-27-24-21-18-15-12-9-3)69(68-80-82(77,78)79-67-66-74(4,5)6)73-71(75)64-61-58-55-52-49-46-44-42-40-38-35-33-31-29-26-23-20-17-14-11-8-2/h10-11,13-14,19-20,22-23,28-31,34-36,38-39,41-42,44-45,47,49,52,60,63,69-70H,7-9,12,15-18,21,24-27,32-33,37,40,43,46,48,50-51,53-59,61-62,64-68H2,1-6H3,(H-,73,75,77,78)/b13-10-,14-11-,22-19-,23-20-,30-28-,31-29-,36-34-,38-35-,41-39-,44-42-,47-45-,52-49-,63-60+. The van der Waals surface area contributed by atoms with E-state index in [1.165, 1.54) is 51.4 Å². The van der Waals surface area contributed by atoms with E-state index >= 15 is 0 Å². The predicted molar refractivity (Wildman–Crippen MR) is 352 cm³/mol. The fourth-order valence-electron chi connectivity index (χ4n) is 8.29. The highest BCUT2D eigenvalue weighted by atomic mass is 31.2. The SMILES string of the molecule is CC/C=C\C/C=C\C/C=C\C/C=C\C/C=C\C/C=C\CCCCCCC(=O)OC(/C=C/CCCCCCCCCCCC)C(COP(=O)([O-])OCC[N+](C)(C)C)NC(=O)CCCC/C=C\C/C=C\C/C=C\C/C=C\C/C=C\C/C=C\CC. The molecule has 10 heteroatoms. The van der Waals surface area contributed by atoms with Gasteiger partial charge in [-0.25, -0.2) is 0 Å². The lowest BCUT2D eigenvalue weighted by molar-refractivity contribution is -0.870. The molecule has 0 aromatic carbocycles. The van der Waals surface area contributed by atoms with Gasteiger partial charge in [0, 0.05) is 12.8 Å². The van der Waals surface area contributed by atoms with Crippen molar-refractivity contribution in [2.75, 3.05) is 40.9 Å². The lowest BCUT2D eigenvalue weighted by Gasteiger charge is -2.30. The second-order valence-corrected chi connectivity index (χ2v) is 23.6. The number of nitrogens with one attached hydrogen (secondary N) is 1. The summed E-state index contributed by atoms with van der Waals surface area (Å²) in [7, 11) is 1.11. The van der Waals surface area contributed by atoms with Crippen molar-refractivity contribution < 1.29 is 37.3 Å². The minimum absolute atomic E-state index is 0.0450. The zero-order valence-electron chi connectivity index (χ0n) is 52.9. The maximum Gasteiger partial charge on any atom is 0.306 e. The summed E-state index contributed by atoms with van der Waals surface area (Å²) in [5.41, 5.74) is 0. The molecule has 0 rings (SSSR count). The molecule has 0 saturated carbocycles. The molecule has 0 bridgehead atoms. The minimum atomic E-state index is -4.73. The number of ether oxygens (including phenoxy) is 1. The summed E-state index contributed by atoms with van der Waals surface area (Å²) in [6.07, 6.45) is 87.9. The number of phosphoric ester groups is 1. The van der Waals surface area contributed by atoms with E-state index in [4.69, 9.17) is 13.8 Å². The van der Waals surface area contributed by atoms with Crippen molar-refractivity contribution in [1.82, 2.24) is 5.32 Å². The first-order valence-corrected chi connectivity index (χ1v) is 33.8. The summed E-state index contributed by atoms with van der Waals surface area (Å²) >= 11 is 0. The molecule has 3 atom stereocenters. The van der Waals surface area contributed by atoms with Crippen LogP contribution in [0.15, 0.2) is 158 Å². The van der Waals surface area contributed by atoms with Gasteiger partial charge in [-0.1, -0.05) is 243 Å². The highest BCUT2D eigenvalue weighted by Gasteiger charge is 2.27. The van der Waals surface area contributed by atoms with Crippen LogP contribution < -0.4 is 10.2 Å². The fraction of sp³-hybridized carbons (Fsp3) is 0.611. The van der Waals surface area contributed by atoms with Crippen LogP contribution in [0.1, 0.15) is 233 Å². The third-order valence-electron chi connectivity index (χ3n) is 13.2. The van der Waals surface area contributed by atoms with Crippen molar-refractivity contribution in [3.8, 4) is 0 Å². The molecule has 0 aliphatic heterocycles. The van der Waals surface area contributed by atoms with E-state index in [1.807, 2.05) is 33.3 Å². The molecule has 0 aromatic rings. The number of unbranched alkanes of at least 4 members (excludes halogenated alkanes) is 16. The van der Waals surface area contributed by atoms with Crippen LogP contribution in [0.2, 0.25) is 0 Å². The average molecular weight is 1160 g/mol. The number of hydrogen-bond acceptors (Lipinski definition) is 7. The molecule has 0 radical (unpaired) electrons. The lowest BCUT2D eigenvalue weighted by atomic mass is 10.1. The van der Waals surface area contributed by atoms with Crippen molar-refractivity contribution in [3.63, 3.8) is 0 Å². The van der Waals surface area contributed by atoms with Crippen LogP contribution in [-0.2, 0) is 27.9 Å². The third kappa shape index (κ3) is 60.2. The van der Waals surface area contributed by atoms with E-state index in [0.717, 1.165) is 135 Å². The first-order valence-electron chi connectivity index (χ1n) is 32.3. The van der Waals surface area contributed by atoms with Crippen molar-refractivity contribution in [1.29, 1.82) is 0 Å². The summed E-state index contributed by atoms with van der Waals surface area (Å²) in [5.74, 6) is -0.634. The Morgan fingerprint density at radius 3 is 1.18 bits per heavy atom. The number of carbonyl (C=O) groups is 2. The quantitative estimate of drug-likeness (QED) is 0.0212. The molecule has 9 nitrogen and oxygen atoms in total. The number of esters is 1. The van der Waals surface area contributed by atoms with E-state index in [-0.39, 0.29) is 31.3 Å². The molecule has 0 aliphatic rings. The van der Waals surface area contributed by atoms with Gasteiger partial charge in [0.15, 0.2) is 0 Å². The highest BCUT2D eigenvalue weighted by Crippen LogP contribution is 2.38. The first kappa shape index (κ1) is 77.6. The number of hydrogen-bond donors (Lipinski definition) is 1. The summed E-state index contributed by atoms with van der Waals surface area (Å²) in [5, 5.41) is 2.99. The van der Waals surface area contributed by atoms with E-state index in [2.05, 4.69) is 172 Å². The number of nitrogens with zero attached hydrogens (tertiary/aromatic N) is 1. The Morgan fingerprint density at radius 1 is 0.439 bits per heavy atom. The van der Waals surface area contributed by atoms with E-state index in [0.29, 0.717) is 23.9 Å². The molecule has 0 heterocycles. The Kier molecular flexibility index (Phi) is 56.6. The smallest absolute Gasteiger partial charge is 0.306 e. The number of allylic oxidation sites excluding steroid dienone is 25. The summed E-state index contributed by atoms with van der Waals surface area (Å²) < 4.78 is 30.3. The van der Waals surface area contributed by atoms with Crippen LogP contribution in [0.5, 0.6) is 0 Å². The fourth-order valence-corrected chi connectivity index (χ4v) is 9.01. The van der Waals surface area contributed by atoms with Crippen LogP contribution in [0.4, 0.5) is 0 Å². The maximum atomic E-state index is 13.5. The van der Waals surface area contributed by atoms with Gasteiger partial charge in [0.05, 0.1) is 33.8 Å². The highest BCUT2D eigenvalue weighted by molar-refractivity contribution is 7.45. The molecule has 0 spiro atoms. The van der Waals surface area contributed by atoms with Crippen LogP contribution >= 0.6 is 7.82 Å². The van der Waals surface area contributed by atoms with Gasteiger partial charge < -0.3 is 28.5 Å². The van der Waals surface area contributed by atoms with Crippen LogP contribution in [0.25, 0.3) is 0 Å². The zero-order valence-corrected chi connectivity index (χ0v) is 53.8. The van der Waals surface area contributed by atoms with Gasteiger partial charge in [0.25, 0.3) is 7.82 Å². The van der Waals surface area contributed by atoms with Gasteiger partial charge in [-0.2, -0.15) is 0 Å². The van der Waals surface area contributed by atoms with Gasteiger partial charge in [0.1, 0.15) is 19.3 Å². The number of carbonyl (C=O) groups excluding carboxylic acids is 2. The lowest BCUT2D eigenvalue weighted by Crippen LogP contribution is -2.47. The Labute approximate surface area is 503 Å². The Bertz CT molecular complexity index is 1960. The second-order valence-electron chi connectivity index (χ2n) is 22.1. The number of phosphoric acid groups is 1. The molecule has 0 fully saturated rings.